The number of carbonyl (C=O) groups is 1. The van der Waals surface area contributed by atoms with Gasteiger partial charge in [0.05, 0.1) is 47.3 Å². The van der Waals surface area contributed by atoms with Crippen molar-refractivity contribution in [3.8, 4) is 17.8 Å². The lowest BCUT2D eigenvalue weighted by Gasteiger charge is -2.20. The highest BCUT2D eigenvalue weighted by atomic mass is 32.2. The number of fused-ring (bicyclic) bond motifs is 1. The summed E-state index contributed by atoms with van der Waals surface area (Å²) in [6.45, 7) is 0.544. The Kier molecular flexibility index (Phi) is 7.20. The van der Waals surface area contributed by atoms with Gasteiger partial charge in [0, 0.05) is 13.1 Å². The average Bonchev–Trinajstić information content (AvgIpc) is 2.78. The maximum absolute atomic E-state index is 13.2. The molecule has 0 radical (unpaired) electrons. The third-order valence-electron chi connectivity index (χ3n) is 4.42. The molecule has 0 saturated carbocycles. The van der Waals surface area contributed by atoms with Gasteiger partial charge in [0.2, 0.25) is 5.91 Å². The van der Waals surface area contributed by atoms with Crippen LogP contribution in [0.4, 0.5) is 0 Å². The van der Waals surface area contributed by atoms with E-state index < -0.39 is 0 Å². The molecule has 0 N–H and O–H groups in total. The lowest BCUT2D eigenvalue weighted by molar-refractivity contribution is -0.128. The third kappa shape index (κ3) is 4.86. The first-order valence-electron chi connectivity index (χ1n) is 9.37. The minimum atomic E-state index is -0.201. The van der Waals surface area contributed by atoms with E-state index in [-0.39, 0.29) is 43.2 Å². The van der Waals surface area contributed by atoms with Crippen molar-refractivity contribution < 1.29 is 4.79 Å². The molecule has 7 nitrogen and oxygen atoms in total. The summed E-state index contributed by atoms with van der Waals surface area (Å²) in [6.07, 6.45) is 0.398. The Morgan fingerprint density at radius 2 is 1.63 bits per heavy atom. The molecule has 0 saturated heterocycles. The Morgan fingerprint density at radius 1 is 1.00 bits per heavy atom. The van der Waals surface area contributed by atoms with Crippen LogP contribution in [-0.4, -0.2) is 39.2 Å². The van der Waals surface area contributed by atoms with Gasteiger partial charge in [-0.2, -0.15) is 10.5 Å². The molecular formula is C22H19N5O2S. The maximum Gasteiger partial charge on any atom is 0.266 e. The molecule has 1 aromatic heterocycles. The van der Waals surface area contributed by atoms with E-state index in [1.165, 1.54) is 21.2 Å². The zero-order chi connectivity index (χ0) is 21.3. The number of rotatable bonds is 8. The molecule has 2 aromatic carbocycles. The third-order valence-corrected chi connectivity index (χ3v) is 5.35. The smallest absolute Gasteiger partial charge is 0.266 e. The monoisotopic (exact) mass is 417 g/mol. The molecule has 3 aromatic rings. The first-order valence-corrected chi connectivity index (χ1v) is 10.4. The number of carbonyl (C=O) groups excluding carboxylic acids is 1. The van der Waals surface area contributed by atoms with Crippen molar-refractivity contribution in [1.82, 2.24) is 14.5 Å². The fourth-order valence-electron chi connectivity index (χ4n) is 2.96. The topological polar surface area (TPSA) is 103 Å². The molecule has 0 atom stereocenters. The maximum atomic E-state index is 13.2. The van der Waals surface area contributed by atoms with Crippen LogP contribution in [0.5, 0.6) is 0 Å². The van der Waals surface area contributed by atoms with Gasteiger partial charge in [-0.25, -0.2) is 4.98 Å². The summed E-state index contributed by atoms with van der Waals surface area (Å²) in [5.41, 5.74) is 1.03. The van der Waals surface area contributed by atoms with Gasteiger partial charge in [0.15, 0.2) is 5.16 Å². The molecule has 8 heteroatoms. The lowest BCUT2D eigenvalue weighted by Crippen LogP contribution is -2.34. The summed E-state index contributed by atoms with van der Waals surface area (Å²) in [4.78, 5) is 32.0. The summed E-state index contributed by atoms with van der Waals surface area (Å²) in [6, 6.07) is 20.3. The highest BCUT2D eigenvalue weighted by molar-refractivity contribution is 7.99. The van der Waals surface area contributed by atoms with E-state index in [4.69, 9.17) is 10.5 Å². The van der Waals surface area contributed by atoms with Crippen molar-refractivity contribution in [2.75, 3.05) is 18.8 Å². The zero-order valence-electron chi connectivity index (χ0n) is 16.2. The van der Waals surface area contributed by atoms with Crippen molar-refractivity contribution in [2.45, 2.75) is 18.0 Å². The second kappa shape index (κ2) is 10.2. The molecule has 1 amide bonds. The number of hydrogen-bond donors (Lipinski definition) is 0. The second-order valence-corrected chi connectivity index (χ2v) is 7.32. The van der Waals surface area contributed by atoms with Crippen LogP contribution in [0.2, 0.25) is 0 Å². The number of amides is 1. The molecule has 0 unspecified atom stereocenters. The molecule has 0 fully saturated rings. The minimum absolute atomic E-state index is 0.0501. The standard InChI is InChI=1S/C22H19N5O2S/c23-12-6-14-26(15-7-13-24)20(28)16-30-22-25-19-11-5-4-10-18(19)21(29)27(22)17-8-2-1-3-9-17/h1-5,8-11H,6-7,14-16H2. The van der Waals surface area contributed by atoms with Crippen molar-refractivity contribution in [1.29, 1.82) is 10.5 Å². The molecule has 0 aliphatic carbocycles. The van der Waals surface area contributed by atoms with Crippen LogP contribution in [0.3, 0.4) is 0 Å². The second-order valence-electron chi connectivity index (χ2n) is 6.37. The number of hydrogen-bond acceptors (Lipinski definition) is 6. The quantitative estimate of drug-likeness (QED) is 0.412. The normalized spacial score (nSPS) is 10.3. The van der Waals surface area contributed by atoms with Gasteiger partial charge < -0.3 is 4.90 Å². The fraction of sp³-hybridized carbons (Fsp3) is 0.227. The van der Waals surface area contributed by atoms with Gasteiger partial charge >= 0.3 is 0 Å². The Morgan fingerprint density at radius 3 is 2.30 bits per heavy atom. The van der Waals surface area contributed by atoms with Crippen molar-refractivity contribution in [3.63, 3.8) is 0 Å². The van der Waals surface area contributed by atoms with Crippen molar-refractivity contribution in [2.24, 2.45) is 0 Å². The largest absolute Gasteiger partial charge is 0.340 e. The summed E-state index contributed by atoms with van der Waals surface area (Å²) >= 11 is 1.17. The Balaban J connectivity index is 1.93. The number of thioether (sulfide) groups is 1. The SMILES string of the molecule is N#CCCN(CCC#N)C(=O)CSc1nc2ccccc2c(=O)n1-c1ccccc1. The predicted octanol–water partition coefficient (Wildman–Crippen LogP) is 3.13. The highest BCUT2D eigenvalue weighted by Gasteiger charge is 2.17. The average molecular weight is 417 g/mol. The van der Waals surface area contributed by atoms with Crippen LogP contribution < -0.4 is 5.56 Å². The summed E-state index contributed by atoms with van der Waals surface area (Å²) < 4.78 is 1.51. The summed E-state index contributed by atoms with van der Waals surface area (Å²) in [5.74, 6) is -0.151. The summed E-state index contributed by atoms with van der Waals surface area (Å²) in [5, 5.41) is 18.6. The molecule has 150 valence electrons. The van der Waals surface area contributed by atoms with E-state index in [0.717, 1.165) is 0 Å². The Labute approximate surface area is 178 Å². The molecule has 1 heterocycles. The van der Waals surface area contributed by atoms with Crippen molar-refractivity contribution in [3.05, 3.63) is 65.0 Å². The van der Waals surface area contributed by atoms with Crippen LogP contribution in [-0.2, 0) is 4.79 Å². The van der Waals surface area contributed by atoms with E-state index in [1.807, 2.05) is 48.5 Å². The Bertz CT molecular complexity index is 1160. The van der Waals surface area contributed by atoms with E-state index in [9.17, 15) is 9.59 Å². The number of aromatic nitrogens is 2. The van der Waals surface area contributed by atoms with E-state index >= 15 is 0 Å². The number of nitrogens with zero attached hydrogens (tertiary/aromatic N) is 5. The zero-order valence-corrected chi connectivity index (χ0v) is 17.0. The van der Waals surface area contributed by atoms with Crippen LogP contribution >= 0.6 is 11.8 Å². The highest BCUT2D eigenvalue weighted by Crippen LogP contribution is 2.21. The van der Waals surface area contributed by atoms with Gasteiger partial charge in [0.25, 0.3) is 5.56 Å². The van der Waals surface area contributed by atoms with Gasteiger partial charge in [-0.3, -0.25) is 14.2 Å². The van der Waals surface area contributed by atoms with Gasteiger partial charge in [-0.15, -0.1) is 0 Å². The lowest BCUT2D eigenvalue weighted by atomic mass is 10.2. The first kappa shape index (κ1) is 21.1. The minimum Gasteiger partial charge on any atom is -0.340 e. The number of para-hydroxylation sites is 2. The molecule has 3 rings (SSSR count). The predicted molar refractivity (Wildman–Crippen MR) is 115 cm³/mol. The van der Waals surface area contributed by atoms with E-state index in [1.54, 1.807) is 18.2 Å². The van der Waals surface area contributed by atoms with Crippen LogP contribution in [0, 0.1) is 22.7 Å². The molecule has 0 bridgehead atoms. The van der Waals surface area contributed by atoms with E-state index in [0.29, 0.717) is 21.7 Å². The van der Waals surface area contributed by atoms with Gasteiger partial charge in [0.1, 0.15) is 0 Å². The molecule has 0 aliphatic heterocycles. The van der Waals surface area contributed by atoms with Crippen LogP contribution in [0.25, 0.3) is 16.6 Å². The van der Waals surface area contributed by atoms with Gasteiger partial charge in [-0.1, -0.05) is 42.1 Å². The Hall–Kier alpha value is -3.62. The van der Waals surface area contributed by atoms with E-state index in [2.05, 4.69) is 4.98 Å². The van der Waals surface area contributed by atoms with Crippen LogP contribution in [0.15, 0.2) is 64.5 Å². The number of benzene rings is 2. The molecule has 0 aliphatic rings. The van der Waals surface area contributed by atoms with Gasteiger partial charge in [-0.05, 0) is 24.3 Å². The van der Waals surface area contributed by atoms with Crippen molar-refractivity contribution >= 4 is 28.6 Å². The first-order chi connectivity index (χ1) is 14.7. The number of nitriles is 2. The fourth-order valence-corrected chi connectivity index (χ4v) is 3.88. The molecular weight excluding hydrogens is 398 g/mol. The van der Waals surface area contributed by atoms with Crippen LogP contribution in [0.1, 0.15) is 12.8 Å². The molecule has 30 heavy (non-hydrogen) atoms. The molecule has 0 spiro atoms. The summed E-state index contributed by atoms with van der Waals surface area (Å²) in [7, 11) is 0.